The molecule has 0 aromatic carbocycles. The molecular formula is C9H10N2OS. The predicted molar refractivity (Wildman–Crippen MR) is 52.2 cm³/mol. The van der Waals surface area contributed by atoms with E-state index in [0.29, 0.717) is 0 Å². The van der Waals surface area contributed by atoms with E-state index in [-0.39, 0.29) is 11.7 Å². The first kappa shape index (κ1) is 8.44. The Balaban J connectivity index is 2.45. The smallest absolute Gasteiger partial charge is 0.194 e. The van der Waals surface area contributed by atoms with Crippen molar-refractivity contribution in [1.82, 2.24) is 9.38 Å². The quantitative estimate of drug-likeness (QED) is 0.687. The Kier molecular flexibility index (Phi) is 1.92. The molecule has 68 valence electrons. The maximum Gasteiger partial charge on any atom is 0.194 e. The average Bonchev–Trinajstić information content (AvgIpc) is 2.59. The summed E-state index contributed by atoms with van der Waals surface area (Å²) < 4.78 is 1.88. The van der Waals surface area contributed by atoms with Gasteiger partial charge in [-0.15, -0.1) is 0 Å². The van der Waals surface area contributed by atoms with Crippen LogP contribution >= 0.6 is 11.3 Å². The third-order valence-corrected chi connectivity index (χ3v) is 2.88. The van der Waals surface area contributed by atoms with Crippen LogP contribution in [0.15, 0.2) is 18.6 Å². The number of rotatable bonds is 2. The third kappa shape index (κ3) is 1.37. The number of fused-ring (bicyclic) bond motifs is 1. The zero-order valence-corrected chi connectivity index (χ0v) is 8.34. The number of Topliss-reactive ketones (excluding diaryl/α,β-unsaturated/α-hetero) is 1. The molecule has 0 atom stereocenters. The lowest BCUT2D eigenvalue weighted by Gasteiger charge is -1.97. The molecular weight excluding hydrogens is 184 g/mol. The largest absolute Gasteiger partial charge is 0.297 e. The van der Waals surface area contributed by atoms with Crippen molar-refractivity contribution in [3.63, 3.8) is 0 Å². The molecule has 0 saturated heterocycles. The van der Waals surface area contributed by atoms with Crippen LogP contribution in [0.5, 0.6) is 0 Å². The molecule has 0 fully saturated rings. The van der Waals surface area contributed by atoms with Crippen LogP contribution in [0.25, 0.3) is 4.96 Å². The van der Waals surface area contributed by atoms with Crippen molar-refractivity contribution in [3.05, 3.63) is 23.5 Å². The number of nitrogens with zero attached hydrogens (tertiary/aromatic N) is 2. The minimum atomic E-state index is 0.0587. The van der Waals surface area contributed by atoms with Gasteiger partial charge in [-0.05, 0) is 0 Å². The molecule has 0 aliphatic heterocycles. The Hall–Kier alpha value is -1.16. The molecule has 2 heterocycles. The molecule has 4 heteroatoms. The summed E-state index contributed by atoms with van der Waals surface area (Å²) in [5.74, 6) is 0.249. The van der Waals surface area contributed by atoms with Gasteiger partial charge in [0.25, 0.3) is 0 Å². The second kappa shape index (κ2) is 2.96. The Morgan fingerprint density at radius 1 is 1.62 bits per heavy atom. The van der Waals surface area contributed by atoms with E-state index in [1.54, 1.807) is 6.20 Å². The first-order chi connectivity index (χ1) is 6.18. The molecule has 0 bridgehead atoms. The highest BCUT2D eigenvalue weighted by atomic mass is 32.1. The van der Waals surface area contributed by atoms with Gasteiger partial charge < -0.3 is 0 Å². The lowest BCUT2D eigenvalue weighted by Crippen LogP contribution is -2.04. The third-order valence-electron chi connectivity index (χ3n) is 1.86. The summed E-state index contributed by atoms with van der Waals surface area (Å²) in [5, 5.41) is 0. The molecule has 0 spiro atoms. The zero-order valence-electron chi connectivity index (χ0n) is 7.52. The predicted octanol–water partition coefficient (Wildman–Crippen LogP) is 2.23. The van der Waals surface area contributed by atoms with E-state index in [1.165, 1.54) is 11.3 Å². The molecule has 0 aliphatic rings. The molecule has 0 unspecified atom stereocenters. The number of aromatic nitrogens is 2. The number of carbonyl (C=O) groups excluding carboxylic acids is 1. The Bertz CT molecular complexity index is 413. The number of hydrogen-bond donors (Lipinski definition) is 0. The number of thiazole rings is 1. The number of imidazole rings is 1. The maximum absolute atomic E-state index is 11.6. The van der Waals surface area contributed by atoms with Gasteiger partial charge in [0.05, 0.1) is 4.88 Å². The summed E-state index contributed by atoms with van der Waals surface area (Å²) in [6.45, 7) is 3.82. The highest BCUT2D eigenvalue weighted by molar-refractivity contribution is 7.18. The molecule has 13 heavy (non-hydrogen) atoms. The van der Waals surface area contributed by atoms with Gasteiger partial charge in [-0.2, -0.15) is 0 Å². The summed E-state index contributed by atoms with van der Waals surface area (Å²) in [6.07, 6.45) is 5.42. The van der Waals surface area contributed by atoms with Gasteiger partial charge in [0.2, 0.25) is 0 Å². The Labute approximate surface area is 80.0 Å². The lowest BCUT2D eigenvalue weighted by atomic mass is 10.1. The first-order valence-corrected chi connectivity index (χ1v) is 4.97. The van der Waals surface area contributed by atoms with Crippen molar-refractivity contribution in [3.8, 4) is 0 Å². The van der Waals surface area contributed by atoms with Crippen molar-refractivity contribution in [1.29, 1.82) is 0 Å². The molecule has 2 aromatic heterocycles. The SMILES string of the molecule is CC(C)C(=O)c1cn2ccnc2s1. The molecule has 0 saturated carbocycles. The van der Waals surface area contributed by atoms with Crippen LogP contribution in [0, 0.1) is 5.92 Å². The standard InChI is InChI=1S/C9H10N2OS/c1-6(2)8(12)7-5-11-4-3-10-9(11)13-7/h3-6H,1-2H3. The van der Waals surface area contributed by atoms with E-state index in [2.05, 4.69) is 4.98 Å². The van der Waals surface area contributed by atoms with Crippen LogP contribution in [0.3, 0.4) is 0 Å². The molecule has 3 nitrogen and oxygen atoms in total. The van der Waals surface area contributed by atoms with Gasteiger partial charge in [-0.3, -0.25) is 9.20 Å². The minimum absolute atomic E-state index is 0.0587. The van der Waals surface area contributed by atoms with Crippen molar-refractivity contribution < 1.29 is 4.79 Å². The van der Waals surface area contributed by atoms with E-state index >= 15 is 0 Å². The van der Waals surface area contributed by atoms with E-state index in [9.17, 15) is 4.79 Å². The van der Waals surface area contributed by atoms with Crippen LogP contribution in [-0.2, 0) is 0 Å². The highest BCUT2D eigenvalue weighted by Gasteiger charge is 2.13. The minimum Gasteiger partial charge on any atom is -0.297 e. The topological polar surface area (TPSA) is 34.4 Å². The second-order valence-electron chi connectivity index (χ2n) is 3.23. The molecule has 2 aromatic rings. The summed E-state index contributed by atoms with van der Waals surface area (Å²) in [5.41, 5.74) is 0. The van der Waals surface area contributed by atoms with E-state index in [0.717, 1.165) is 9.84 Å². The van der Waals surface area contributed by atoms with Crippen LogP contribution < -0.4 is 0 Å². The molecule has 0 aliphatic carbocycles. The van der Waals surface area contributed by atoms with Gasteiger partial charge in [0, 0.05) is 24.5 Å². The fraction of sp³-hybridized carbons (Fsp3) is 0.333. The lowest BCUT2D eigenvalue weighted by molar-refractivity contribution is 0.0943. The van der Waals surface area contributed by atoms with Crippen LogP contribution in [-0.4, -0.2) is 15.2 Å². The van der Waals surface area contributed by atoms with Crippen LogP contribution in [0.2, 0.25) is 0 Å². The summed E-state index contributed by atoms with van der Waals surface area (Å²) in [7, 11) is 0. The van der Waals surface area contributed by atoms with Crippen molar-refractivity contribution in [2.45, 2.75) is 13.8 Å². The number of carbonyl (C=O) groups is 1. The van der Waals surface area contributed by atoms with E-state index < -0.39 is 0 Å². The van der Waals surface area contributed by atoms with Crippen LogP contribution in [0.4, 0.5) is 0 Å². The summed E-state index contributed by atoms with van der Waals surface area (Å²) in [4.78, 5) is 17.4. The molecule has 0 amide bonds. The Morgan fingerprint density at radius 3 is 3.00 bits per heavy atom. The second-order valence-corrected chi connectivity index (χ2v) is 4.24. The van der Waals surface area contributed by atoms with Crippen molar-refractivity contribution in [2.24, 2.45) is 5.92 Å². The van der Waals surface area contributed by atoms with Gasteiger partial charge in [0.15, 0.2) is 10.7 Å². The van der Waals surface area contributed by atoms with Crippen molar-refractivity contribution in [2.75, 3.05) is 0 Å². The van der Waals surface area contributed by atoms with Crippen LogP contribution in [0.1, 0.15) is 23.5 Å². The van der Waals surface area contributed by atoms with Gasteiger partial charge in [-0.25, -0.2) is 4.98 Å². The fourth-order valence-electron chi connectivity index (χ4n) is 1.13. The monoisotopic (exact) mass is 194 g/mol. The van der Waals surface area contributed by atoms with E-state index in [1.807, 2.05) is 30.6 Å². The summed E-state index contributed by atoms with van der Waals surface area (Å²) in [6, 6.07) is 0. The maximum atomic E-state index is 11.6. The molecule has 2 rings (SSSR count). The molecule has 0 radical (unpaired) electrons. The van der Waals surface area contributed by atoms with Crippen molar-refractivity contribution >= 4 is 22.1 Å². The van der Waals surface area contributed by atoms with Gasteiger partial charge >= 0.3 is 0 Å². The van der Waals surface area contributed by atoms with Gasteiger partial charge in [-0.1, -0.05) is 25.2 Å². The fourth-order valence-corrected chi connectivity index (χ4v) is 2.16. The highest BCUT2D eigenvalue weighted by Crippen LogP contribution is 2.19. The van der Waals surface area contributed by atoms with Gasteiger partial charge in [0.1, 0.15) is 0 Å². The normalized spacial score (nSPS) is 11.3. The number of hydrogen-bond acceptors (Lipinski definition) is 3. The Morgan fingerprint density at radius 2 is 2.38 bits per heavy atom. The zero-order chi connectivity index (χ0) is 9.42. The summed E-state index contributed by atoms with van der Waals surface area (Å²) >= 11 is 1.44. The average molecular weight is 194 g/mol. The van der Waals surface area contributed by atoms with E-state index in [4.69, 9.17) is 0 Å². The first-order valence-electron chi connectivity index (χ1n) is 4.15. The molecule has 0 N–H and O–H groups in total. The number of ketones is 1.